The first-order valence-electron chi connectivity index (χ1n) is 8.34. The van der Waals surface area contributed by atoms with Gasteiger partial charge in [-0.25, -0.2) is 9.78 Å². The van der Waals surface area contributed by atoms with E-state index in [0.29, 0.717) is 12.6 Å². The first kappa shape index (κ1) is 17.8. The number of H-pyrrole nitrogens is 1. The highest BCUT2D eigenvalue weighted by Gasteiger charge is 2.33. The zero-order valence-corrected chi connectivity index (χ0v) is 15.0. The predicted molar refractivity (Wildman–Crippen MR) is 90.0 cm³/mol. The van der Waals surface area contributed by atoms with E-state index in [4.69, 9.17) is 4.74 Å². The van der Waals surface area contributed by atoms with Gasteiger partial charge >= 0.3 is 6.09 Å². The fourth-order valence-corrected chi connectivity index (χ4v) is 3.03. The first-order valence-corrected chi connectivity index (χ1v) is 8.34. The molecule has 0 aliphatic carbocycles. The molecule has 1 fully saturated rings. The van der Waals surface area contributed by atoms with Crippen LogP contribution in [0.4, 0.5) is 4.79 Å². The molecule has 1 saturated heterocycles. The first-order chi connectivity index (χ1) is 10.6. The smallest absolute Gasteiger partial charge is 0.410 e. The fourth-order valence-electron chi connectivity index (χ4n) is 3.03. The highest BCUT2D eigenvalue weighted by atomic mass is 16.6. The monoisotopic (exact) mass is 322 g/mol. The number of ether oxygens (including phenoxy) is 1. The molecule has 1 amide bonds. The molecule has 2 heterocycles. The van der Waals surface area contributed by atoms with Crippen molar-refractivity contribution in [1.82, 2.24) is 20.2 Å². The Balaban J connectivity index is 1.94. The van der Waals surface area contributed by atoms with Crippen molar-refractivity contribution in [2.75, 3.05) is 13.1 Å². The summed E-state index contributed by atoms with van der Waals surface area (Å²) in [5.74, 6) is 0.941. The highest BCUT2D eigenvalue weighted by Crippen LogP contribution is 2.29. The molecule has 0 spiro atoms. The Hall–Kier alpha value is -1.56. The van der Waals surface area contributed by atoms with Gasteiger partial charge in [0.25, 0.3) is 0 Å². The van der Waals surface area contributed by atoms with Crippen LogP contribution in [0.1, 0.15) is 53.3 Å². The quantitative estimate of drug-likeness (QED) is 0.897. The summed E-state index contributed by atoms with van der Waals surface area (Å²) in [6, 6.07) is 0.363. The van der Waals surface area contributed by atoms with E-state index in [1.165, 1.54) is 0 Å². The minimum atomic E-state index is -0.454. The lowest BCUT2D eigenvalue weighted by atomic mass is 9.86. The third-order valence-corrected chi connectivity index (χ3v) is 3.93. The van der Waals surface area contributed by atoms with E-state index in [-0.39, 0.29) is 11.5 Å². The van der Waals surface area contributed by atoms with Crippen LogP contribution in [0.25, 0.3) is 0 Å². The molecule has 1 atom stereocenters. The van der Waals surface area contributed by atoms with Crippen LogP contribution in [0.5, 0.6) is 0 Å². The molecular weight excluding hydrogens is 292 g/mol. The molecule has 130 valence electrons. The normalized spacial score (nSPS) is 21.8. The second-order valence-corrected chi connectivity index (χ2v) is 8.17. The molecule has 0 aromatic carbocycles. The molecule has 2 N–H and O–H groups in total. The van der Waals surface area contributed by atoms with Crippen molar-refractivity contribution in [1.29, 1.82) is 0 Å². The van der Waals surface area contributed by atoms with Crippen molar-refractivity contribution in [3.8, 4) is 0 Å². The summed E-state index contributed by atoms with van der Waals surface area (Å²) in [4.78, 5) is 21.6. The van der Waals surface area contributed by atoms with Crippen LogP contribution in [0, 0.1) is 5.41 Å². The molecule has 1 unspecified atom stereocenters. The molecule has 1 aliphatic rings. The number of likely N-dealkylation sites (tertiary alicyclic amines) is 1. The van der Waals surface area contributed by atoms with Crippen molar-refractivity contribution in [2.45, 2.75) is 65.6 Å². The van der Waals surface area contributed by atoms with Crippen LogP contribution < -0.4 is 5.32 Å². The third kappa shape index (κ3) is 5.86. The number of aromatic nitrogens is 2. The standard InChI is InChI=1S/C17H30N4O2/c1-16(2,3)23-15(22)21-9-6-13(10-17(4,5)12-21)20-11-14-18-7-8-19-14/h7-8,13,20H,6,9-12H2,1-5H3,(H,18,19). The molecule has 1 aliphatic heterocycles. The van der Waals surface area contributed by atoms with Crippen LogP contribution >= 0.6 is 0 Å². The minimum absolute atomic E-state index is 0.0498. The van der Waals surface area contributed by atoms with Crippen molar-refractivity contribution in [3.05, 3.63) is 18.2 Å². The lowest BCUT2D eigenvalue weighted by Gasteiger charge is -2.31. The van der Waals surface area contributed by atoms with Gasteiger partial charge in [0, 0.05) is 31.5 Å². The number of amides is 1. The van der Waals surface area contributed by atoms with E-state index < -0.39 is 5.60 Å². The summed E-state index contributed by atoms with van der Waals surface area (Å²) in [7, 11) is 0. The van der Waals surface area contributed by atoms with Crippen LogP contribution in [-0.2, 0) is 11.3 Å². The largest absolute Gasteiger partial charge is 0.444 e. The molecule has 6 nitrogen and oxygen atoms in total. The second kappa shape index (κ2) is 6.91. The second-order valence-electron chi connectivity index (χ2n) is 8.17. The number of carbonyl (C=O) groups is 1. The summed E-state index contributed by atoms with van der Waals surface area (Å²) >= 11 is 0. The number of carbonyl (C=O) groups excluding carboxylic acids is 1. The van der Waals surface area contributed by atoms with Crippen LogP contribution in [-0.4, -0.2) is 45.7 Å². The molecule has 6 heteroatoms. The molecule has 2 rings (SSSR count). The molecule has 1 aromatic rings. The van der Waals surface area contributed by atoms with Gasteiger partial charge in [-0.2, -0.15) is 0 Å². The van der Waals surface area contributed by atoms with E-state index in [1.54, 1.807) is 6.20 Å². The summed E-state index contributed by atoms with van der Waals surface area (Å²) in [6.07, 6.45) is 5.32. The number of hydrogen-bond donors (Lipinski definition) is 2. The van der Waals surface area contributed by atoms with E-state index in [1.807, 2.05) is 31.9 Å². The summed E-state index contributed by atoms with van der Waals surface area (Å²) in [6.45, 7) is 12.3. The van der Waals surface area contributed by atoms with Gasteiger partial charge in [0.05, 0.1) is 6.54 Å². The zero-order valence-electron chi connectivity index (χ0n) is 15.0. The Morgan fingerprint density at radius 2 is 2.26 bits per heavy atom. The van der Waals surface area contributed by atoms with E-state index >= 15 is 0 Å². The Morgan fingerprint density at radius 1 is 1.52 bits per heavy atom. The molecule has 0 bridgehead atoms. The summed E-state index contributed by atoms with van der Waals surface area (Å²) in [5.41, 5.74) is -0.404. The van der Waals surface area contributed by atoms with Crippen molar-refractivity contribution in [2.24, 2.45) is 5.41 Å². The van der Waals surface area contributed by atoms with Gasteiger partial charge in [-0.15, -0.1) is 0 Å². The van der Waals surface area contributed by atoms with Gasteiger partial charge in [-0.3, -0.25) is 0 Å². The molecular formula is C17H30N4O2. The predicted octanol–water partition coefficient (Wildman–Crippen LogP) is 2.93. The van der Waals surface area contributed by atoms with Crippen LogP contribution in [0.3, 0.4) is 0 Å². The number of hydrogen-bond acceptors (Lipinski definition) is 4. The number of nitrogens with zero attached hydrogens (tertiary/aromatic N) is 2. The van der Waals surface area contributed by atoms with E-state index in [9.17, 15) is 4.79 Å². The third-order valence-electron chi connectivity index (χ3n) is 3.93. The van der Waals surface area contributed by atoms with Gasteiger partial charge in [-0.05, 0) is 39.0 Å². The lowest BCUT2D eigenvalue weighted by molar-refractivity contribution is 0.0200. The number of imidazole rings is 1. The molecule has 0 radical (unpaired) electrons. The molecule has 1 aromatic heterocycles. The fraction of sp³-hybridized carbons (Fsp3) is 0.765. The summed E-state index contributed by atoms with van der Waals surface area (Å²) in [5, 5.41) is 3.55. The van der Waals surface area contributed by atoms with Gasteiger partial charge in [0.15, 0.2) is 0 Å². The maximum Gasteiger partial charge on any atom is 0.410 e. The average Bonchev–Trinajstić information content (AvgIpc) is 2.85. The molecule has 23 heavy (non-hydrogen) atoms. The Morgan fingerprint density at radius 3 is 2.87 bits per heavy atom. The number of aromatic amines is 1. The van der Waals surface area contributed by atoms with Crippen molar-refractivity contribution < 1.29 is 9.53 Å². The minimum Gasteiger partial charge on any atom is -0.444 e. The Labute approximate surface area is 139 Å². The maximum absolute atomic E-state index is 12.4. The topological polar surface area (TPSA) is 70.2 Å². The highest BCUT2D eigenvalue weighted by molar-refractivity contribution is 5.68. The van der Waals surface area contributed by atoms with Gasteiger partial charge in [0.1, 0.15) is 11.4 Å². The van der Waals surface area contributed by atoms with E-state index in [2.05, 4.69) is 29.1 Å². The average molecular weight is 322 g/mol. The number of rotatable bonds is 3. The lowest BCUT2D eigenvalue weighted by Crippen LogP contribution is -2.41. The van der Waals surface area contributed by atoms with Crippen LogP contribution in [0.15, 0.2) is 12.4 Å². The zero-order chi connectivity index (χ0) is 17.1. The van der Waals surface area contributed by atoms with Gasteiger partial charge < -0.3 is 19.9 Å². The van der Waals surface area contributed by atoms with Crippen LogP contribution in [0.2, 0.25) is 0 Å². The Bertz CT molecular complexity index is 505. The summed E-state index contributed by atoms with van der Waals surface area (Å²) < 4.78 is 5.53. The SMILES string of the molecule is CC1(C)CC(NCc2ncc[nH]2)CCN(C(=O)OC(C)(C)C)C1. The van der Waals surface area contributed by atoms with Gasteiger partial charge in [0.2, 0.25) is 0 Å². The van der Waals surface area contributed by atoms with Gasteiger partial charge in [-0.1, -0.05) is 13.8 Å². The van der Waals surface area contributed by atoms with Crippen molar-refractivity contribution >= 4 is 6.09 Å². The molecule has 0 saturated carbocycles. The Kier molecular flexibility index (Phi) is 5.34. The van der Waals surface area contributed by atoms with Crippen molar-refractivity contribution in [3.63, 3.8) is 0 Å². The van der Waals surface area contributed by atoms with E-state index in [0.717, 1.165) is 31.8 Å². The number of nitrogens with one attached hydrogen (secondary N) is 2. The maximum atomic E-state index is 12.4.